The minimum Gasteiger partial charge on any atom is -0.371 e. The van der Waals surface area contributed by atoms with Crippen molar-refractivity contribution >= 4 is 29.0 Å². The van der Waals surface area contributed by atoms with Crippen molar-refractivity contribution < 1.29 is 0 Å². The Morgan fingerprint density at radius 3 is 2.56 bits per heavy atom. The SMILES string of the molecule is Cc1cccc(CN=C2Nc3ccccc3NC23CCSCC3)c1C. The summed E-state index contributed by atoms with van der Waals surface area (Å²) < 4.78 is 0. The zero-order chi connectivity index (χ0) is 17.3. The molecule has 2 aliphatic rings. The van der Waals surface area contributed by atoms with Crippen molar-refractivity contribution in [2.24, 2.45) is 4.99 Å². The second kappa shape index (κ2) is 6.75. The molecule has 1 saturated heterocycles. The van der Waals surface area contributed by atoms with E-state index < -0.39 is 0 Å². The van der Waals surface area contributed by atoms with E-state index in [-0.39, 0.29) is 5.54 Å². The van der Waals surface area contributed by atoms with Crippen LogP contribution in [-0.4, -0.2) is 22.9 Å². The molecule has 2 aromatic carbocycles. The van der Waals surface area contributed by atoms with Gasteiger partial charge in [0.15, 0.2) is 0 Å². The molecule has 2 heterocycles. The lowest BCUT2D eigenvalue weighted by molar-refractivity contribution is 0.559. The zero-order valence-corrected chi connectivity index (χ0v) is 15.7. The second-order valence-electron chi connectivity index (χ2n) is 7.01. The summed E-state index contributed by atoms with van der Waals surface area (Å²) in [5.41, 5.74) is 6.28. The zero-order valence-electron chi connectivity index (χ0n) is 14.9. The van der Waals surface area contributed by atoms with Gasteiger partial charge in [-0.25, -0.2) is 0 Å². The van der Waals surface area contributed by atoms with E-state index in [2.05, 4.69) is 66.9 Å². The van der Waals surface area contributed by atoms with Crippen LogP contribution in [0.5, 0.6) is 0 Å². The Labute approximate surface area is 154 Å². The third-order valence-corrected chi connectivity index (χ3v) is 6.46. The molecule has 4 heteroatoms. The predicted octanol–water partition coefficient (Wildman–Crippen LogP) is 5.01. The molecule has 0 bridgehead atoms. The molecule has 4 rings (SSSR count). The monoisotopic (exact) mass is 351 g/mol. The van der Waals surface area contributed by atoms with Crippen molar-refractivity contribution in [3.05, 3.63) is 59.2 Å². The molecule has 25 heavy (non-hydrogen) atoms. The van der Waals surface area contributed by atoms with E-state index in [1.54, 1.807) is 0 Å². The van der Waals surface area contributed by atoms with E-state index in [0.717, 1.165) is 30.9 Å². The van der Waals surface area contributed by atoms with E-state index >= 15 is 0 Å². The topological polar surface area (TPSA) is 36.4 Å². The van der Waals surface area contributed by atoms with E-state index in [4.69, 9.17) is 4.99 Å². The molecular weight excluding hydrogens is 326 g/mol. The molecule has 2 N–H and O–H groups in total. The lowest BCUT2D eigenvalue weighted by Gasteiger charge is -2.43. The molecule has 1 fully saturated rings. The molecule has 2 aliphatic heterocycles. The average Bonchev–Trinajstić information content (AvgIpc) is 2.64. The Morgan fingerprint density at radius 1 is 1.00 bits per heavy atom. The summed E-state index contributed by atoms with van der Waals surface area (Å²) >= 11 is 2.04. The first kappa shape index (κ1) is 16.5. The molecule has 2 aromatic rings. The van der Waals surface area contributed by atoms with Gasteiger partial charge < -0.3 is 10.6 Å². The van der Waals surface area contributed by atoms with Crippen LogP contribution in [0.15, 0.2) is 47.5 Å². The Morgan fingerprint density at radius 2 is 1.76 bits per heavy atom. The molecular formula is C21H25N3S. The molecule has 0 amide bonds. The standard InChI is InChI=1S/C21H25N3S/c1-15-6-5-7-17(16(15)2)14-22-20-21(10-12-25-13-11-21)24-19-9-4-3-8-18(19)23-20/h3-9,24H,10-14H2,1-2H3,(H,22,23). The van der Waals surface area contributed by atoms with Crippen molar-refractivity contribution in [3.8, 4) is 0 Å². The van der Waals surface area contributed by atoms with Gasteiger partial charge in [0.05, 0.1) is 23.5 Å². The Bertz CT molecular complexity index is 807. The predicted molar refractivity (Wildman–Crippen MR) is 110 cm³/mol. The van der Waals surface area contributed by atoms with Crippen LogP contribution in [0, 0.1) is 13.8 Å². The lowest BCUT2D eigenvalue weighted by atomic mass is 9.87. The number of aliphatic imine (C=N–C) groups is 1. The quantitative estimate of drug-likeness (QED) is 0.799. The number of hydrogen-bond donors (Lipinski definition) is 2. The van der Waals surface area contributed by atoms with Crippen molar-refractivity contribution in [2.75, 3.05) is 22.1 Å². The molecule has 130 valence electrons. The highest BCUT2D eigenvalue weighted by Crippen LogP contribution is 2.38. The van der Waals surface area contributed by atoms with Crippen LogP contribution in [0.4, 0.5) is 11.4 Å². The van der Waals surface area contributed by atoms with E-state index in [0.29, 0.717) is 0 Å². The number of anilines is 2. The summed E-state index contributed by atoms with van der Waals surface area (Å²) in [4.78, 5) is 5.06. The van der Waals surface area contributed by atoms with Gasteiger partial charge >= 0.3 is 0 Å². The van der Waals surface area contributed by atoms with Gasteiger partial charge in [-0.1, -0.05) is 30.3 Å². The highest BCUT2D eigenvalue weighted by Gasteiger charge is 2.40. The summed E-state index contributed by atoms with van der Waals surface area (Å²) in [6.07, 6.45) is 2.23. The van der Waals surface area contributed by atoms with Crippen LogP contribution in [0.3, 0.4) is 0 Å². The van der Waals surface area contributed by atoms with Crippen LogP contribution < -0.4 is 10.6 Å². The third kappa shape index (κ3) is 3.15. The van der Waals surface area contributed by atoms with Crippen molar-refractivity contribution in [1.29, 1.82) is 0 Å². The summed E-state index contributed by atoms with van der Waals surface area (Å²) in [5, 5.41) is 7.46. The van der Waals surface area contributed by atoms with Crippen molar-refractivity contribution in [1.82, 2.24) is 0 Å². The maximum atomic E-state index is 5.06. The summed E-state index contributed by atoms with van der Waals surface area (Å²) in [6.45, 7) is 5.09. The highest BCUT2D eigenvalue weighted by atomic mass is 32.2. The number of hydrogen-bond acceptors (Lipinski definition) is 3. The van der Waals surface area contributed by atoms with Gasteiger partial charge in [0.2, 0.25) is 0 Å². The van der Waals surface area contributed by atoms with Gasteiger partial charge in [-0.05, 0) is 67.0 Å². The summed E-state index contributed by atoms with van der Waals surface area (Å²) in [6, 6.07) is 14.9. The lowest BCUT2D eigenvalue weighted by Crippen LogP contribution is -2.54. The van der Waals surface area contributed by atoms with Crippen LogP contribution in [0.2, 0.25) is 0 Å². The van der Waals surface area contributed by atoms with Crippen LogP contribution in [0.1, 0.15) is 29.5 Å². The highest BCUT2D eigenvalue weighted by molar-refractivity contribution is 7.99. The fourth-order valence-electron chi connectivity index (χ4n) is 3.69. The number of fused-ring (bicyclic) bond motifs is 1. The Balaban J connectivity index is 1.68. The third-order valence-electron chi connectivity index (χ3n) is 5.48. The van der Waals surface area contributed by atoms with E-state index in [1.807, 2.05) is 11.8 Å². The van der Waals surface area contributed by atoms with Gasteiger partial charge in [0.1, 0.15) is 5.84 Å². The average molecular weight is 352 g/mol. The molecule has 0 aromatic heterocycles. The summed E-state index contributed by atoms with van der Waals surface area (Å²) in [5.74, 6) is 3.46. The molecule has 1 spiro atoms. The van der Waals surface area contributed by atoms with Gasteiger partial charge in [-0.15, -0.1) is 0 Å². The fourth-order valence-corrected chi connectivity index (χ4v) is 4.87. The van der Waals surface area contributed by atoms with Crippen LogP contribution in [0.25, 0.3) is 0 Å². The van der Waals surface area contributed by atoms with Crippen molar-refractivity contribution in [2.45, 2.75) is 38.8 Å². The number of thioether (sulfide) groups is 1. The number of aryl methyl sites for hydroxylation is 1. The van der Waals surface area contributed by atoms with E-state index in [1.165, 1.54) is 33.9 Å². The number of rotatable bonds is 2. The minimum absolute atomic E-state index is 0.0443. The summed E-state index contributed by atoms with van der Waals surface area (Å²) in [7, 11) is 0. The normalized spacial score (nSPS) is 20.0. The first-order valence-corrected chi connectivity index (χ1v) is 10.2. The molecule has 0 saturated carbocycles. The maximum Gasteiger partial charge on any atom is 0.127 e. The van der Waals surface area contributed by atoms with E-state index in [9.17, 15) is 0 Å². The van der Waals surface area contributed by atoms with Crippen LogP contribution >= 0.6 is 11.8 Å². The van der Waals surface area contributed by atoms with Crippen LogP contribution in [-0.2, 0) is 6.54 Å². The van der Waals surface area contributed by atoms with Crippen molar-refractivity contribution in [3.63, 3.8) is 0 Å². The number of nitrogens with zero attached hydrogens (tertiary/aromatic N) is 1. The molecule has 0 aliphatic carbocycles. The van der Waals surface area contributed by atoms with Gasteiger partial charge in [-0.2, -0.15) is 11.8 Å². The molecule has 3 nitrogen and oxygen atoms in total. The number of para-hydroxylation sites is 2. The first-order valence-electron chi connectivity index (χ1n) is 9.00. The smallest absolute Gasteiger partial charge is 0.127 e. The Hall–Kier alpha value is -1.94. The number of amidine groups is 1. The second-order valence-corrected chi connectivity index (χ2v) is 8.24. The van der Waals surface area contributed by atoms with Gasteiger partial charge in [0.25, 0.3) is 0 Å². The number of nitrogens with one attached hydrogen (secondary N) is 2. The van der Waals surface area contributed by atoms with Gasteiger partial charge in [0, 0.05) is 0 Å². The fraction of sp³-hybridized carbons (Fsp3) is 0.381. The largest absolute Gasteiger partial charge is 0.371 e. The Kier molecular flexibility index (Phi) is 4.46. The maximum absolute atomic E-state index is 5.06. The molecule has 0 radical (unpaired) electrons. The number of benzene rings is 2. The first-order chi connectivity index (χ1) is 12.2. The van der Waals surface area contributed by atoms with Gasteiger partial charge in [-0.3, -0.25) is 4.99 Å². The molecule has 0 unspecified atom stereocenters. The minimum atomic E-state index is -0.0443. The molecule has 0 atom stereocenters.